The van der Waals surface area contributed by atoms with Gasteiger partial charge in [0.1, 0.15) is 17.4 Å². The maximum absolute atomic E-state index is 13.1. The first-order valence-corrected chi connectivity index (χ1v) is 6.75. The van der Waals surface area contributed by atoms with E-state index in [-0.39, 0.29) is 0 Å². The first-order valence-electron chi connectivity index (χ1n) is 6.38. The molecule has 0 radical (unpaired) electrons. The van der Waals surface area contributed by atoms with E-state index < -0.39 is 41.2 Å². The zero-order valence-electron chi connectivity index (χ0n) is 11.7. The van der Waals surface area contributed by atoms with Crippen LogP contribution < -0.4 is 5.32 Å². The Morgan fingerprint density at radius 3 is 2.35 bits per heavy atom. The average Bonchev–Trinajstić information content (AvgIpc) is 2.85. The molecule has 0 fully saturated rings. The Morgan fingerprint density at radius 1 is 1.22 bits per heavy atom. The summed E-state index contributed by atoms with van der Waals surface area (Å²) in [5.41, 5.74) is -1.52. The molecule has 0 bridgehead atoms. The van der Waals surface area contributed by atoms with Crippen LogP contribution in [0.25, 0.3) is 0 Å². The standard InChI is InChI=1S/C13H11ClF4N4O/c1-6(13(23)20-7-2-4-19-5-3-7)22-10(12(17)18)8(14)9(21-22)11(15)16/h2-6,11-12H,1H3,(H,19,20,23). The van der Waals surface area contributed by atoms with Gasteiger partial charge in [-0.2, -0.15) is 5.10 Å². The second-order valence-corrected chi connectivity index (χ2v) is 4.91. The lowest BCUT2D eigenvalue weighted by Gasteiger charge is -2.15. The maximum atomic E-state index is 13.1. The first kappa shape index (κ1) is 17.2. The number of alkyl halides is 4. The Balaban J connectivity index is 2.33. The van der Waals surface area contributed by atoms with E-state index in [0.717, 1.165) is 0 Å². The number of anilines is 1. The average molecular weight is 351 g/mol. The summed E-state index contributed by atoms with van der Waals surface area (Å²) in [6.07, 6.45) is -3.44. The largest absolute Gasteiger partial charge is 0.324 e. The summed E-state index contributed by atoms with van der Waals surface area (Å²) in [5, 5.41) is 4.99. The lowest BCUT2D eigenvalue weighted by molar-refractivity contribution is -0.119. The van der Waals surface area contributed by atoms with Gasteiger partial charge < -0.3 is 5.32 Å². The first-order chi connectivity index (χ1) is 10.8. The van der Waals surface area contributed by atoms with Crippen LogP contribution in [-0.4, -0.2) is 20.7 Å². The van der Waals surface area contributed by atoms with Crippen LogP contribution in [0.5, 0.6) is 0 Å². The normalized spacial score (nSPS) is 12.7. The molecule has 2 heterocycles. The number of rotatable bonds is 5. The number of carbonyl (C=O) groups excluding carboxylic acids is 1. The molecule has 23 heavy (non-hydrogen) atoms. The van der Waals surface area contributed by atoms with Crippen molar-refractivity contribution < 1.29 is 22.4 Å². The van der Waals surface area contributed by atoms with E-state index in [1.165, 1.54) is 31.5 Å². The van der Waals surface area contributed by atoms with Crippen molar-refractivity contribution in [2.24, 2.45) is 0 Å². The molecule has 0 aliphatic rings. The summed E-state index contributed by atoms with van der Waals surface area (Å²) < 4.78 is 52.3. The zero-order chi connectivity index (χ0) is 17.1. The molecule has 2 rings (SSSR count). The van der Waals surface area contributed by atoms with Gasteiger partial charge in [-0.3, -0.25) is 9.78 Å². The number of aromatic nitrogens is 3. The van der Waals surface area contributed by atoms with Crippen LogP contribution in [0, 0.1) is 0 Å². The summed E-state index contributed by atoms with van der Waals surface area (Å²) in [4.78, 5) is 15.9. The minimum Gasteiger partial charge on any atom is -0.324 e. The Labute approximate surface area is 133 Å². The van der Waals surface area contributed by atoms with Gasteiger partial charge in [-0.25, -0.2) is 22.2 Å². The molecule has 10 heteroatoms. The van der Waals surface area contributed by atoms with Gasteiger partial charge in [-0.15, -0.1) is 0 Å². The number of nitrogens with zero attached hydrogens (tertiary/aromatic N) is 3. The van der Waals surface area contributed by atoms with E-state index in [2.05, 4.69) is 15.4 Å². The minimum atomic E-state index is -3.15. The van der Waals surface area contributed by atoms with Gasteiger partial charge in [0, 0.05) is 18.1 Å². The van der Waals surface area contributed by atoms with Gasteiger partial charge in [0.05, 0.1) is 5.02 Å². The highest BCUT2D eigenvalue weighted by molar-refractivity contribution is 6.32. The lowest BCUT2D eigenvalue weighted by atomic mass is 10.2. The van der Waals surface area contributed by atoms with E-state index in [4.69, 9.17) is 11.6 Å². The highest BCUT2D eigenvalue weighted by Gasteiger charge is 2.31. The third kappa shape index (κ3) is 3.61. The summed E-state index contributed by atoms with van der Waals surface area (Å²) in [6.45, 7) is 1.25. The van der Waals surface area contributed by atoms with Gasteiger partial charge in [-0.1, -0.05) is 11.6 Å². The van der Waals surface area contributed by atoms with Crippen molar-refractivity contribution in [3.63, 3.8) is 0 Å². The van der Waals surface area contributed by atoms with E-state index >= 15 is 0 Å². The van der Waals surface area contributed by atoms with Gasteiger partial charge in [0.25, 0.3) is 12.9 Å². The Morgan fingerprint density at radius 2 is 1.83 bits per heavy atom. The topological polar surface area (TPSA) is 59.8 Å². The Hall–Kier alpha value is -2.16. The zero-order valence-corrected chi connectivity index (χ0v) is 12.4. The van der Waals surface area contributed by atoms with Gasteiger partial charge in [0.2, 0.25) is 5.91 Å². The molecule has 0 aliphatic heterocycles. The summed E-state index contributed by atoms with van der Waals surface area (Å²) >= 11 is 5.55. The van der Waals surface area contributed by atoms with E-state index in [1.807, 2.05) is 0 Å². The van der Waals surface area contributed by atoms with Crippen molar-refractivity contribution in [1.29, 1.82) is 0 Å². The molecular formula is C13H11ClF4N4O. The van der Waals surface area contributed by atoms with Crippen molar-refractivity contribution in [2.45, 2.75) is 25.8 Å². The van der Waals surface area contributed by atoms with Crippen molar-refractivity contribution in [1.82, 2.24) is 14.8 Å². The SMILES string of the molecule is CC(C(=O)Nc1ccncc1)n1nc(C(F)F)c(Cl)c1C(F)F. The molecule has 1 N–H and O–H groups in total. The fourth-order valence-corrected chi connectivity index (χ4v) is 2.16. The second-order valence-electron chi connectivity index (χ2n) is 4.53. The lowest BCUT2D eigenvalue weighted by Crippen LogP contribution is -2.26. The molecule has 124 valence electrons. The maximum Gasteiger partial charge on any atom is 0.283 e. The number of halogens is 5. The third-order valence-electron chi connectivity index (χ3n) is 3.02. The van der Waals surface area contributed by atoms with Crippen LogP contribution in [0.4, 0.5) is 23.2 Å². The van der Waals surface area contributed by atoms with Crippen LogP contribution >= 0.6 is 11.6 Å². The predicted octanol–water partition coefficient (Wildman–Crippen LogP) is 4.01. The molecule has 0 saturated carbocycles. The highest BCUT2D eigenvalue weighted by Crippen LogP contribution is 2.36. The molecule has 0 spiro atoms. The van der Waals surface area contributed by atoms with Gasteiger partial charge >= 0.3 is 0 Å². The number of hydrogen-bond donors (Lipinski definition) is 1. The summed E-state index contributed by atoms with van der Waals surface area (Å²) in [6, 6.07) is 1.70. The molecule has 0 saturated heterocycles. The van der Waals surface area contributed by atoms with Crippen molar-refractivity contribution in [2.75, 3.05) is 5.32 Å². The quantitative estimate of drug-likeness (QED) is 0.829. The van der Waals surface area contributed by atoms with E-state index in [1.54, 1.807) is 0 Å². The van der Waals surface area contributed by atoms with Crippen LogP contribution in [-0.2, 0) is 4.79 Å². The third-order valence-corrected chi connectivity index (χ3v) is 3.41. The second kappa shape index (κ2) is 6.95. The van der Waals surface area contributed by atoms with Crippen molar-refractivity contribution >= 4 is 23.2 Å². The molecule has 0 aromatic carbocycles. The fraction of sp³-hybridized carbons (Fsp3) is 0.308. The van der Waals surface area contributed by atoms with Crippen LogP contribution in [0.3, 0.4) is 0 Å². The number of pyridine rings is 1. The number of carbonyl (C=O) groups is 1. The molecule has 1 amide bonds. The number of amides is 1. The molecule has 2 aromatic heterocycles. The predicted molar refractivity (Wildman–Crippen MR) is 74.7 cm³/mol. The van der Waals surface area contributed by atoms with Crippen molar-refractivity contribution in [3.8, 4) is 0 Å². The Bertz CT molecular complexity index is 693. The van der Waals surface area contributed by atoms with Crippen LogP contribution in [0.15, 0.2) is 24.5 Å². The fourth-order valence-electron chi connectivity index (χ4n) is 1.87. The minimum absolute atomic E-state index is 0.378. The summed E-state index contributed by atoms with van der Waals surface area (Å²) in [5.74, 6) is -0.710. The van der Waals surface area contributed by atoms with E-state index in [0.29, 0.717) is 10.4 Å². The van der Waals surface area contributed by atoms with Crippen LogP contribution in [0.1, 0.15) is 37.2 Å². The van der Waals surface area contributed by atoms with Crippen LogP contribution in [0.2, 0.25) is 5.02 Å². The number of hydrogen-bond acceptors (Lipinski definition) is 3. The smallest absolute Gasteiger partial charge is 0.283 e. The molecule has 5 nitrogen and oxygen atoms in total. The Kier molecular flexibility index (Phi) is 5.19. The van der Waals surface area contributed by atoms with Gasteiger partial charge in [-0.05, 0) is 19.1 Å². The molecule has 1 atom stereocenters. The number of nitrogens with one attached hydrogen (secondary N) is 1. The summed E-state index contributed by atoms with van der Waals surface area (Å²) in [7, 11) is 0. The molecule has 0 aliphatic carbocycles. The monoisotopic (exact) mass is 350 g/mol. The van der Waals surface area contributed by atoms with Crippen molar-refractivity contribution in [3.05, 3.63) is 40.9 Å². The molecule has 1 unspecified atom stereocenters. The highest BCUT2D eigenvalue weighted by atomic mass is 35.5. The molecule has 2 aromatic rings. The van der Waals surface area contributed by atoms with E-state index in [9.17, 15) is 22.4 Å². The van der Waals surface area contributed by atoms with Gasteiger partial charge in [0.15, 0.2) is 0 Å². The molecular weight excluding hydrogens is 340 g/mol.